The van der Waals surface area contributed by atoms with Crippen LogP contribution in [0.15, 0.2) is 30.4 Å². The summed E-state index contributed by atoms with van der Waals surface area (Å²) in [4.78, 5) is 21.5. The largest absolute Gasteiger partial charge is 0.493 e. The van der Waals surface area contributed by atoms with Crippen molar-refractivity contribution in [3.05, 3.63) is 40.9 Å². The molecule has 1 aromatic carbocycles. The molecule has 1 fully saturated rings. The lowest BCUT2D eigenvalue weighted by Gasteiger charge is -2.23. The third-order valence-corrected chi connectivity index (χ3v) is 6.10. The number of carboxylic acid groups (broad SMARTS) is 1. The summed E-state index contributed by atoms with van der Waals surface area (Å²) in [5, 5.41) is 19.5. The Morgan fingerprint density at radius 2 is 2.00 bits per heavy atom. The van der Waals surface area contributed by atoms with Gasteiger partial charge < -0.3 is 19.7 Å². The summed E-state index contributed by atoms with van der Waals surface area (Å²) >= 11 is 12.7. The van der Waals surface area contributed by atoms with E-state index in [0.717, 1.165) is 5.56 Å². The highest BCUT2D eigenvalue weighted by atomic mass is 35.5. The highest BCUT2D eigenvalue weighted by molar-refractivity contribution is 6.30. The Morgan fingerprint density at radius 3 is 2.71 bits per heavy atom. The molecule has 8 heteroatoms. The van der Waals surface area contributed by atoms with Crippen LogP contribution in [0.2, 0.25) is 5.02 Å². The number of hydrogen-bond acceptors (Lipinski definition) is 5. The highest BCUT2D eigenvalue weighted by Crippen LogP contribution is 2.39. The molecule has 0 saturated heterocycles. The van der Waals surface area contributed by atoms with Gasteiger partial charge in [0.25, 0.3) is 0 Å². The monoisotopic (exact) mass is 472 g/mol. The van der Waals surface area contributed by atoms with Crippen molar-refractivity contribution in [3.8, 4) is 5.75 Å². The molecule has 31 heavy (non-hydrogen) atoms. The van der Waals surface area contributed by atoms with Gasteiger partial charge in [-0.3, -0.25) is 9.59 Å². The number of aliphatic carboxylic acids is 1. The van der Waals surface area contributed by atoms with Crippen LogP contribution in [0.4, 0.5) is 0 Å². The molecule has 0 bridgehead atoms. The summed E-state index contributed by atoms with van der Waals surface area (Å²) in [6.07, 6.45) is 6.65. The Labute approximate surface area is 193 Å². The van der Waals surface area contributed by atoms with Crippen LogP contribution < -0.4 is 4.74 Å². The summed E-state index contributed by atoms with van der Waals surface area (Å²) in [7, 11) is 0. The Balaban J connectivity index is 1.90. The van der Waals surface area contributed by atoms with Crippen molar-refractivity contribution in [2.24, 2.45) is 11.8 Å². The number of aliphatic hydroxyl groups is 1. The number of esters is 1. The zero-order valence-corrected chi connectivity index (χ0v) is 19.1. The molecular weight excluding hydrogens is 443 g/mol. The Kier molecular flexibility index (Phi) is 10.6. The average molecular weight is 473 g/mol. The van der Waals surface area contributed by atoms with Gasteiger partial charge in [0.15, 0.2) is 0 Å². The van der Waals surface area contributed by atoms with E-state index in [4.69, 9.17) is 37.8 Å². The fourth-order valence-corrected chi connectivity index (χ4v) is 4.51. The van der Waals surface area contributed by atoms with Crippen molar-refractivity contribution in [1.29, 1.82) is 0 Å². The van der Waals surface area contributed by atoms with E-state index in [2.05, 4.69) is 0 Å². The summed E-state index contributed by atoms with van der Waals surface area (Å²) in [5.74, 6) is -0.574. The predicted octanol–water partition coefficient (Wildman–Crippen LogP) is 4.63. The maximum atomic E-state index is 10.9. The van der Waals surface area contributed by atoms with Gasteiger partial charge in [0.05, 0.1) is 19.3 Å². The number of alkyl halides is 1. The standard InChI is InChI=1S/C23H30Cl2O6/c1-15(26)30-9-8-16-10-17(24)12-18(11-16)31-14-20-19(21(25)13-22(20)27)6-4-2-3-5-7-23(28)29/h2,4,10-12,19-22,27H,3,5-9,13-14H2,1H3,(H,28,29)/t19-,20-,21-,22-/m1/s1. The average Bonchev–Trinajstić information content (AvgIpc) is 2.94. The normalized spacial score (nSPS) is 23.2. The van der Waals surface area contributed by atoms with E-state index in [1.54, 1.807) is 12.1 Å². The minimum absolute atomic E-state index is 0.0648. The van der Waals surface area contributed by atoms with E-state index in [0.29, 0.717) is 49.5 Å². The lowest BCUT2D eigenvalue weighted by molar-refractivity contribution is -0.141. The van der Waals surface area contributed by atoms with Gasteiger partial charge in [-0.25, -0.2) is 0 Å². The van der Waals surface area contributed by atoms with Gasteiger partial charge in [-0.05, 0) is 55.4 Å². The lowest BCUT2D eigenvalue weighted by Crippen LogP contribution is -2.27. The minimum Gasteiger partial charge on any atom is -0.493 e. The zero-order valence-electron chi connectivity index (χ0n) is 17.6. The molecule has 6 nitrogen and oxygen atoms in total. The molecule has 4 atom stereocenters. The van der Waals surface area contributed by atoms with E-state index in [-0.39, 0.29) is 36.2 Å². The maximum Gasteiger partial charge on any atom is 0.303 e. The predicted molar refractivity (Wildman–Crippen MR) is 120 cm³/mol. The first-order chi connectivity index (χ1) is 14.8. The Hall–Kier alpha value is -1.76. The number of carboxylic acids is 1. The van der Waals surface area contributed by atoms with Crippen LogP contribution in [-0.2, 0) is 20.7 Å². The van der Waals surface area contributed by atoms with Crippen LogP contribution in [0.5, 0.6) is 5.75 Å². The molecule has 0 amide bonds. The van der Waals surface area contributed by atoms with Crippen LogP contribution in [0.1, 0.15) is 44.6 Å². The smallest absolute Gasteiger partial charge is 0.303 e. The second kappa shape index (κ2) is 12.9. The van der Waals surface area contributed by atoms with Crippen molar-refractivity contribution in [2.45, 2.75) is 56.9 Å². The fourth-order valence-electron chi connectivity index (χ4n) is 3.79. The van der Waals surface area contributed by atoms with Gasteiger partial charge in [0.1, 0.15) is 5.75 Å². The summed E-state index contributed by atoms with van der Waals surface area (Å²) in [6.45, 7) is 1.95. The molecular formula is C23H30Cl2O6. The number of unbranched alkanes of at least 4 members (excludes halogenated alkanes) is 1. The van der Waals surface area contributed by atoms with E-state index in [9.17, 15) is 14.7 Å². The third kappa shape index (κ3) is 9.09. The number of carbonyl (C=O) groups excluding carboxylic acids is 1. The lowest BCUT2D eigenvalue weighted by atomic mass is 9.92. The molecule has 0 spiro atoms. The molecule has 0 unspecified atom stereocenters. The number of aliphatic hydroxyl groups excluding tert-OH is 1. The molecule has 0 aliphatic heterocycles. The third-order valence-electron chi connectivity index (χ3n) is 5.38. The van der Waals surface area contributed by atoms with E-state index < -0.39 is 12.1 Å². The number of hydrogen-bond donors (Lipinski definition) is 2. The maximum absolute atomic E-state index is 10.9. The van der Waals surface area contributed by atoms with Crippen LogP contribution in [0.3, 0.4) is 0 Å². The topological polar surface area (TPSA) is 93.1 Å². The quantitative estimate of drug-likeness (QED) is 0.199. The number of carbonyl (C=O) groups is 2. The molecule has 1 saturated carbocycles. The van der Waals surface area contributed by atoms with Crippen LogP contribution >= 0.6 is 23.2 Å². The van der Waals surface area contributed by atoms with E-state index >= 15 is 0 Å². The van der Waals surface area contributed by atoms with Crippen molar-refractivity contribution >= 4 is 35.1 Å². The second-order valence-corrected chi connectivity index (χ2v) is 8.83. The van der Waals surface area contributed by atoms with Gasteiger partial charge >= 0.3 is 11.9 Å². The highest BCUT2D eigenvalue weighted by Gasteiger charge is 2.41. The number of ether oxygens (including phenoxy) is 2. The number of benzene rings is 1. The van der Waals surface area contributed by atoms with Crippen molar-refractivity contribution < 1.29 is 29.3 Å². The van der Waals surface area contributed by atoms with E-state index in [1.807, 2.05) is 18.2 Å². The minimum atomic E-state index is -0.791. The molecule has 0 aromatic heterocycles. The molecule has 1 aromatic rings. The molecule has 2 N–H and O–H groups in total. The SMILES string of the molecule is CC(=O)OCCc1cc(Cl)cc(OC[C@@H]2[C@@H](CC=CCCCC(=O)O)[C@H](Cl)C[C@H]2O)c1. The van der Waals surface area contributed by atoms with Crippen LogP contribution in [0, 0.1) is 11.8 Å². The van der Waals surface area contributed by atoms with Crippen molar-refractivity contribution in [3.63, 3.8) is 0 Å². The molecule has 1 aliphatic carbocycles. The number of allylic oxidation sites excluding steroid dienone is 2. The molecule has 1 aliphatic rings. The fraction of sp³-hybridized carbons (Fsp3) is 0.565. The summed E-state index contributed by atoms with van der Waals surface area (Å²) in [5.41, 5.74) is 0.895. The van der Waals surface area contributed by atoms with E-state index in [1.165, 1.54) is 6.92 Å². The van der Waals surface area contributed by atoms with Gasteiger partial charge in [-0.15, -0.1) is 11.6 Å². The molecule has 0 heterocycles. The van der Waals surface area contributed by atoms with Gasteiger partial charge in [-0.1, -0.05) is 23.8 Å². The Morgan fingerprint density at radius 1 is 1.23 bits per heavy atom. The first kappa shape index (κ1) is 25.5. The Bertz CT molecular complexity index is 766. The first-order valence-corrected chi connectivity index (χ1v) is 11.3. The van der Waals surface area contributed by atoms with Gasteiger partial charge in [0.2, 0.25) is 0 Å². The second-order valence-electron chi connectivity index (χ2n) is 7.84. The number of rotatable bonds is 12. The van der Waals surface area contributed by atoms with Crippen molar-refractivity contribution in [1.82, 2.24) is 0 Å². The molecule has 0 radical (unpaired) electrons. The van der Waals surface area contributed by atoms with Gasteiger partial charge in [-0.2, -0.15) is 0 Å². The molecule has 2 rings (SSSR count). The summed E-state index contributed by atoms with van der Waals surface area (Å²) in [6, 6.07) is 5.37. The van der Waals surface area contributed by atoms with Crippen LogP contribution in [0.25, 0.3) is 0 Å². The summed E-state index contributed by atoms with van der Waals surface area (Å²) < 4.78 is 10.9. The van der Waals surface area contributed by atoms with Crippen molar-refractivity contribution in [2.75, 3.05) is 13.2 Å². The first-order valence-electron chi connectivity index (χ1n) is 10.5. The number of halogens is 2. The van der Waals surface area contributed by atoms with Gasteiger partial charge in [0, 0.05) is 36.1 Å². The molecule has 172 valence electrons. The van der Waals surface area contributed by atoms with Crippen LogP contribution in [-0.4, -0.2) is 46.8 Å². The zero-order chi connectivity index (χ0) is 22.8.